The van der Waals surface area contributed by atoms with E-state index in [0.717, 1.165) is 20.2 Å². The highest BCUT2D eigenvalue weighted by atomic mass is 79.9. The Balaban J connectivity index is 2.20. The molecular weight excluding hydrogens is 373 g/mol. The molecule has 0 radical (unpaired) electrons. The van der Waals surface area contributed by atoms with E-state index in [9.17, 15) is 4.39 Å². The first kappa shape index (κ1) is 14.5. The normalized spacial score (nSPS) is 12.3. The van der Waals surface area contributed by atoms with Crippen LogP contribution in [-0.2, 0) is 0 Å². The first-order chi connectivity index (χ1) is 8.97. The lowest BCUT2D eigenvalue weighted by Crippen LogP contribution is -2.07. The molecule has 2 aromatic rings. The third kappa shape index (κ3) is 3.57. The molecule has 0 aromatic heterocycles. The quantitative estimate of drug-likeness (QED) is 0.699. The molecule has 0 amide bonds. The van der Waals surface area contributed by atoms with Crippen LogP contribution in [0.1, 0.15) is 24.1 Å². The van der Waals surface area contributed by atoms with Crippen molar-refractivity contribution in [3.63, 3.8) is 0 Å². The van der Waals surface area contributed by atoms with E-state index < -0.39 is 0 Å². The van der Waals surface area contributed by atoms with Crippen molar-refractivity contribution in [2.24, 2.45) is 0 Å². The van der Waals surface area contributed by atoms with Crippen molar-refractivity contribution in [2.45, 2.75) is 19.9 Å². The summed E-state index contributed by atoms with van der Waals surface area (Å²) < 4.78 is 15.6. The summed E-state index contributed by atoms with van der Waals surface area (Å²) in [6.45, 7) is 3.81. The van der Waals surface area contributed by atoms with Gasteiger partial charge < -0.3 is 5.32 Å². The van der Waals surface area contributed by atoms with Gasteiger partial charge in [0.1, 0.15) is 5.82 Å². The van der Waals surface area contributed by atoms with E-state index in [4.69, 9.17) is 0 Å². The largest absolute Gasteiger partial charge is 0.378 e. The summed E-state index contributed by atoms with van der Waals surface area (Å²) in [6, 6.07) is 11.3. The summed E-state index contributed by atoms with van der Waals surface area (Å²) >= 11 is 6.97. The second kappa shape index (κ2) is 6.06. The average Bonchev–Trinajstić information content (AvgIpc) is 2.33. The number of benzene rings is 2. The van der Waals surface area contributed by atoms with E-state index in [1.165, 1.54) is 6.07 Å². The lowest BCUT2D eigenvalue weighted by atomic mass is 10.1. The summed E-state index contributed by atoms with van der Waals surface area (Å²) in [5.74, 6) is -0.188. The standard InChI is InChI=1S/C15H14Br2FN/c1-9-3-5-12(8-15(9)18)19-10(2)13-6-4-11(16)7-14(13)17/h3-8,10,19H,1-2H3. The van der Waals surface area contributed by atoms with E-state index in [1.807, 2.05) is 31.2 Å². The van der Waals surface area contributed by atoms with Gasteiger partial charge in [0.05, 0.1) is 0 Å². The molecule has 1 unspecified atom stereocenters. The SMILES string of the molecule is Cc1ccc(NC(C)c2ccc(Br)cc2Br)cc1F. The first-order valence-electron chi connectivity index (χ1n) is 5.95. The number of anilines is 1. The fourth-order valence-electron chi connectivity index (χ4n) is 1.86. The summed E-state index contributed by atoms with van der Waals surface area (Å²) in [7, 11) is 0. The Morgan fingerprint density at radius 2 is 1.84 bits per heavy atom. The third-order valence-corrected chi connectivity index (χ3v) is 4.16. The predicted octanol–water partition coefficient (Wildman–Crippen LogP) is 5.83. The van der Waals surface area contributed by atoms with Gasteiger partial charge in [0.15, 0.2) is 0 Å². The van der Waals surface area contributed by atoms with E-state index in [1.54, 1.807) is 13.0 Å². The van der Waals surface area contributed by atoms with Crippen molar-refractivity contribution in [2.75, 3.05) is 5.32 Å². The van der Waals surface area contributed by atoms with Crippen LogP contribution >= 0.6 is 31.9 Å². The molecule has 1 nitrogen and oxygen atoms in total. The van der Waals surface area contributed by atoms with Gasteiger partial charge in [-0.3, -0.25) is 0 Å². The fourth-order valence-corrected chi connectivity index (χ4v) is 3.25. The van der Waals surface area contributed by atoms with Gasteiger partial charge in [-0.25, -0.2) is 4.39 Å². The molecule has 0 saturated heterocycles. The molecule has 0 bridgehead atoms. The Bertz CT molecular complexity index is 599. The Kier molecular flexibility index (Phi) is 4.63. The van der Waals surface area contributed by atoms with Crippen LogP contribution in [0.2, 0.25) is 0 Å². The smallest absolute Gasteiger partial charge is 0.128 e. The van der Waals surface area contributed by atoms with Crippen molar-refractivity contribution in [3.05, 3.63) is 62.3 Å². The Labute approximate surface area is 129 Å². The Morgan fingerprint density at radius 3 is 2.47 bits per heavy atom. The number of hydrogen-bond acceptors (Lipinski definition) is 1. The maximum absolute atomic E-state index is 13.5. The van der Waals surface area contributed by atoms with Crippen LogP contribution < -0.4 is 5.32 Å². The number of aryl methyl sites for hydroxylation is 1. The summed E-state index contributed by atoms with van der Waals surface area (Å²) in [5, 5.41) is 3.30. The Hall–Kier alpha value is -0.870. The van der Waals surface area contributed by atoms with Crippen LogP contribution in [0.25, 0.3) is 0 Å². The van der Waals surface area contributed by atoms with Crippen LogP contribution in [0.5, 0.6) is 0 Å². The third-order valence-electron chi connectivity index (χ3n) is 2.98. The number of nitrogens with one attached hydrogen (secondary N) is 1. The molecule has 100 valence electrons. The van der Waals surface area contributed by atoms with Gasteiger partial charge in [0, 0.05) is 20.7 Å². The van der Waals surface area contributed by atoms with Crippen LogP contribution in [0.4, 0.5) is 10.1 Å². The van der Waals surface area contributed by atoms with Gasteiger partial charge in [-0.05, 0) is 49.2 Å². The van der Waals surface area contributed by atoms with Crippen molar-refractivity contribution < 1.29 is 4.39 Å². The van der Waals surface area contributed by atoms with Crippen LogP contribution in [-0.4, -0.2) is 0 Å². The maximum Gasteiger partial charge on any atom is 0.128 e. The minimum Gasteiger partial charge on any atom is -0.378 e. The van der Waals surface area contributed by atoms with Crippen LogP contribution in [0, 0.1) is 12.7 Å². The average molecular weight is 387 g/mol. The molecule has 0 fully saturated rings. The highest BCUT2D eigenvalue weighted by molar-refractivity contribution is 9.11. The van der Waals surface area contributed by atoms with E-state index >= 15 is 0 Å². The van der Waals surface area contributed by atoms with E-state index in [0.29, 0.717) is 5.56 Å². The highest BCUT2D eigenvalue weighted by Crippen LogP contribution is 2.29. The van der Waals surface area contributed by atoms with E-state index in [2.05, 4.69) is 37.2 Å². The molecule has 0 aliphatic carbocycles. The molecule has 4 heteroatoms. The minimum atomic E-state index is -0.188. The van der Waals surface area contributed by atoms with Gasteiger partial charge in [0.25, 0.3) is 0 Å². The van der Waals surface area contributed by atoms with Gasteiger partial charge in [-0.1, -0.05) is 44.0 Å². The Morgan fingerprint density at radius 1 is 1.11 bits per heavy atom. The van der Waals surface area contributed by atoms with Crippen molar-refractivity contribution in [1.29, 1.82) is 0 Å². The summed E-state index contributed by atoms with van der Waals surface area (Å²) in [4.78, 5) is 0. The maximum atomic E-state index is 13.5. The van der Waals surface area contributed by atoms with Crippen molar-refractivity contribution in [1.82, 2.24) is 0 Å². The van der Waals surface area contributed by atoms with Crippen molar-refractivity contribution in [3.8, 4) is 0 Å². The van der Waals surface area contributed by atoms with E-state index in [-0.39, 0.29) is 11.9 Å². The molecule has 0 spiro atoms. The number of rotatable bonds is 3. The van der Waals surface area contributed by atoms with Crippen molar-refractivity contribution >= 4 is 37.5 Å². The molecule has 2 rings (SSSR count). The van der Waals surface area contributed by atoms with Crippen LogP contribution in [0.15, 0.2) is 45.3 Å². The zero-order valence-electron chi connectivity index (χ0n) is 10.7. The van der Waals surface area contributed by atoms with Gasteiger partial charge in [0.2, 0.25) is 0 Å². The zero-order chi connectivity index (χ0) is 14.0. The summed E-state index contributed by atoms with van der Waals surface area (Å²) in [6.07, 6.45) is 0. The molecule has 0 aliphatic rings. The second-order valence-corrected chi connectivity index (χ2v) is 6.27. The minimum absolute atomic E-state index is 0.0876. The predicted molar refractivity (Wildman–Crippen MR) is 85.0 cm³/mol. The molecular formula is C15H14Br2FN. The molecule has 0 saturated carbocycles. The first-order valence-corrected chi connectivity index (χ1v) is 7.53. The lowest BCUT2D eigenvalue weighted by molar-refractivity contribution is 0.618. The molecule has 1 atom stereocenters. The summed E-state index contributed by atoms with van der Waals surface area (Å²) in [5.41, 5.74) is 2.57. The van der Waals surface area contributed by atoms with Crippen LogP contribution in [0.3, 0.4) is 0 Å². The monoisotopic (exact) mass is 385 g/mol. The van der Waals surface area contributed by atoms with Gasteiger partial charge in [-0.2, -0.15) is 0 Å². The molecule has 19 heavy (non-hydrogen) atoms. The van der Waals surface area contributed by atoms with Gasteiger partial charge in [-0.15, -0.1) is 0 Å². The topological polar surface area (TPSA) is 12.0 Å². The molecule has 2 aromatic carbocycles. The number of halogens is 3. The zero-order valence-corrected chi connectivity index (χ0v) is 13.8. The van der Waals surface area contributed by atoms with Gasteiger partial charge >= 0.3 is 0 Å². The lowest BCUT2D eigenvalue weighted by Gasteiger charge is -2.17. The number of hydrogen-bond donors (Lipinski definition) is 1. The fraction of sp³-hybridized carbons (Fsp3) is 0.200. The molecule has 0 aliphatic heterocycles. The highest BCUT2D eigenvalue weighted by Gasteiger charge is 2.10. The molecule has 1 N–H and O–H groups in total. The molecule has 0 heterocycles. The second-order valence-electron chi connectivity index (χ2n) is 4.50.